The number of rotatable bonds is 7. The molecule has 0 radical (unpaired) electrons. The summed E-state index contributed by atoms with van der Waals surface area (Å²) in [5.74, 6) is 0. The molecule has 2 unspecified atom stereocenters. The summed E-state index contributed by atoms with van der Waals surface area (Å²) in [6.45, 7) is 4.99. The van der Waals surface area contributed by atoms with Crippen molar-refractivity contribution in [3.05, 3.63) is 48.0 Å². The SMILES string of the molecule is CCC(C)OCCC(OC)c1cccc2ccccc12. The zero-order chi connectivity index (χ0) is 14.4. The topological polar surface area (TPSA) is 18.5 Å². The Morgan fingerprint density at radius 2 is 1.80 bits per heavy atom. The minimum atomic E-state index is 0.0881. The van der Waals surface area contributed by atoms with Crippen LogP contribution in [0, 0.1) is 0 Å². The lowest BCUT2D eigenvalue weighted by molar-refractivity contribution is 0.0210. The van der Waals surface area contributed by atoms with E-state index in [2.05, 4.69) is 56.3 Å². The highest BCUT2D eigenvalue weighted by Gasteiger charge is 2.13. The van der Waals surface area contributed by atoms with Gasteiger partial charge in [0.1, 0.15) is 0 Å². The van der Waals surface area contributed by atoms with Gasteiger partial charge in [-0.1, -0.05) is 49.4 Å². The molecular formula is C18H24O2. The Morgan fingerprint density at radius 3 is 2.55 bits per heavy atom. The standard InChI is InChI=1S/C18H24O2/c1-4-14(2)20-13-12-18(19-3)17-11-7-9-15-8-5-6-10-16(15)17/h5-11,14,18H,4,12-13H2,1-3H3. The second kappa shape index (κ2) is 7.41. The number of ether oxygens (including phenoxy) is 2. The molecule has 0 spiro atoms. The van der Waals surface area contributed by atoms with Crippen LogP contribution in [0.4, 0.5) is 0 Å². The molecule has 20 heavy (non-hydrogen) atoms. The third-order valence-corrected chi connectivity index (χ3v) is 3.81. The number of hydrogen-bond acceptors (Lipinski definition) is 2. The lowest BCUT2D eigenvalue weighted by Crippen LogP contribution is -2.11. The van der Waals surface area contributed by atoms with Crippen molar-refractivity contribution in [2.45, 2.75) is 38.9 Å². The maximum atomic E-state index is 5.78. The van der Waals surface area contributed by atoms with Gasteiger partial charge < -0.3 is 9.47 Å². The fourth-order valence-electron chi connectivity index (χ4n) is 2.43. The molecular weight excluding hydrogens is 248 g/mol. The average Bonchev–Trinajstić information content (AvgIpc) is 2.51. The molecule has 0 aliphatic carbocycles. The van der Waals surface area contributed by atoms with Gasteiger partial charge in [0.25, 0.3) is 0 Å². The van der Waals surface area contributed by atoms with E-state index in [1.54, 1.807) is 7.11 Å². The van der Waals surface area contributed by atoms with Gasteiger partial charge in [-0.3, -0.25) is 0 Å². The predicted octanol–water partition coefficient (Wildman–Crippen LogP) is 4.73. The fraction of sp³-hybridized carbons (Fsp3) is 0.444. The molecule has 0 aliphatic heterocycles. The molecule has 0 amide bonds. The molecule has 0 aliphatic rings. The maximum absolute atomic E-state index is 5.78. The van der Waals surface area contributed by atoms with Crippen molar-refractivity contribution >= 4 is 10.8 Å². The zero-order valence-corrected chi connectivity index (χ0v) is 12.6. The first-order chi connectivity index (χ1) is 9.76. The van der Waals surface area contributed by atoms with Crippen molar-refractivity contribution in [3.8, 4) is 0 Å². The van der Waals surface area contributed by atoms with E-state index in [0.717, 1.165) is 19.4 Å². The van der Waals surface area contributed by atoms with Gasteiger partial charge in [0.2, 0.25) is 0 Å². The predicted molar refractivity (Wildman–Crippen MR) is 84.0 cm³/mol. The first-order valence-electron chi connectivity index (χ1n) is 7.38. The molecule has 2 rings (SSSR count). The van der Waals surface area contributed by atoms with Crippen LogP contribution in [-0.4, -0.2) is 19.8 Å². The van der Waals surface area contributed by atoms with Gasteiger partial charge in [-0.2, -0.15) is 0 Å². The normalized spacial score (nSPS) is 14.3. The van der Waals surface area contributed by atoms with Crippen molar-refractivity contribution in [1.29, 1.82) is 0 Å². The number of methoxy groups -OCH3 is 1. The molecule has 0 saturated heterocycles. The van der Waals surface area contributed by atoms with E-state index in [1.807, 2.05) is 0 Å². The molecule has 2 atom stereocenters. The number of benzene rings is 2. The minimum Gasteiger partial charge on any atom is -0.378 e. The van der Waals surface area contributed by atoms with Crippen LogP contribution in [0.1, 0.15) is 38.4 Å². The third kappa shape index (κ3) is 3.59. The molecule has 0 N–H and O–H groups in total. The maximum Gasteiger partial charge on any atom is 0.0849 e. The first-order valence-corrected chi connectivity index (χ1v) is 7.38. The van der Waals surface area contributed by atoms with E-state index in [4.69, 9.17) is 9.47 Å². The molecule has 0 fully saturated rings. The summed E-state index contributed by atoms with van der Waals surface area (Å²) in [5.41, 5.74) is 1.25. The van der Waals surface area contributed by atoms with E-state index in [-0.39, 0.29) is 6.10 Å². The summed E-state index contributed by atoms with van der Waals surface area (Å²) in [5, 5.41) is 2.53. The van der Waals surface area contributed by atoms with E-state index in [1.165, 1.54) is 16.3 Å². The Hall–Kier alpha value is -1.38. The molecule has 2 aromatic rings. The smallest absolute Gasteiger partial charge is 0.0849 e. The lowest BCUT2D eigenvalue weighted by atomic mass is 9.99. The van der Waals surface area contributed by atoms with E-state index >= 15 is 0 Å². The Labute approximate surface area is 121 Å². The quantitative estimate of drug-likeness (QED) is 0.725. The zero-order valence-electron chi connectivity index (χ0n) is 12.6. The van der Waals surface area contributed by atoms with Crippen LogP contribution in [0.15, 0.2) is 42.5 Å². The van der Waals surface area contributed by atoms with Crippen LogP contribution < -0.4 is 0 Å². The fourth-order valence-corrected chi connectivity index (χ4v) is 2.43. The van der Waals surface area contributed by atoms with Gasteiger partial charge in [0, 0.05) is 20.1 Å². The molecule has 2 heteroatoms. The van der Waals surface area contributed by atoms with Gasteiger partial charge in [0.05, 0.1) is 12.2 Å². The summed E-state index contributed by atoms with van der Waals surface area (Å²) in [7, 11) is 1.77. The molecule has 0 saturated carbocycles. The lowest BCUT2D eigenvalue weighted by Gasteiger charge is -2.19. The van der Waals surface area contributed by atoms with Gasteiger partial charge in [-0.15, -0.1) is 0 Å². The molecule has 0 bridgehead atoms. The average molecular weight is 272 g/mol. The monoisotopic (exact) mass is 272 g/mol. The van der Waals surface area contributed by atoms with Crippen LogP contribution in [0.2, 0.25) is 0 Å². The Morgan fingerprint density at radius 1 is 1.05 bits per heavy atom. The summed E-state index contributed by atoms with van der Waals surface area (Å²) in [4.78, 5) is 0. The molecule has 0 heterocycles. The van der Waals surface area contributed by atoms with Crippen molar-refractivity contribution in [3.63, 3.8) is 0 Å². The Kier molecular flexibility index (Phi) is 5.57. The van der Waals surface area contributed by atoms with Crippen molar-refractivity contribution in [2.24, 2.45) is 0 Å². The summed E-state index contributed by atoms with van der Waals surface area (Å²) < 4.78 is 11.5. The van der Waals surface area contributed by atoms with Crippen LogP contribution >= 0.6 is 0 Å². The highest BCUT2D eigenvalue weighted by Crippen LogP contribution is 2.28. The Bertz CT molecular complexity index is 530. The molecule has 2 aromatic carbocycles. The minimum absolute atomic E-state index is 0.0881. The molecule has 2 nitrogen and oxygen atoms in total. The second-order valence-corrected chi connectivity index (χ2v) is 5.17. The summed E-state index contributed by atoms with van der Waals surface area (Å²) in [6.07, 6.45) is 2.34. The van der Waals surface area contributed by atoms with Crippen LogP contribution in [0.5, 0.6) is 0 Å². The van der Waals surface area contributed by atoms with Crippen LogP contribution in [0.25, 0.3) is 10.8 Å². The van der Waals surface area contributed by atoms with Gasteiger partial charge in [-0.25, -0.2) is 0 Å². The molecule has 108 valence electrons. The van der Waals surface area contributed by atoms with Gasteiger partial charge in [0.15, 0.2) is 0 Å². The largest absolute Gasteiger partial charge is 0.378 e. The Balaban J connectivity index is 2.13. The summed E-state index contributed by atoms with van der Waals surface area (Å²) in [6, 6.07) is 14.8. The van der Waals surface area contributed by atoms with Crippen molar-refractivity contribution in [2.75, 3.05) is 13.7 Å². The van der Waals surface area contributed by atoms with E-state index in [9.17, 15) is 0 Å². The molecule has 0 aromatic heterocycles. The number of hydrogen-bond donors (Lipinski definition) is 0. The highest BCUT2D eigenvalue weighted by atomic mass is 16.5. The summed E-state index contributed by atoms with van der Waals surface area (Å²) >= 11 is 0. The van der Waals surface area contributed by atoms with Crippen molar-refractivity contribution in [1.82, 2.24) is 0 Å². The van der Waals surface area contributed by atoms with Crippen LogP contribution in [0.3, 0.4) is 0 Å². The van der Waals surface area contributed by atoms with Gasteiger partial charge >= 0.3 is 0 Å². The van der Waals surface area contributed by atoms with E-state index in [0.29, 0.717) is 6.10 Å². The third-order valence-electron chi connectivity index (χ3n) is 3.81. The highest BCUT2D eigenvalue weighted by molar-refractivity contribution is 5.85. The first kappa shape index (κ1) is 15.0. The van der Waals surface area contributed by atoms with Gasteiger partial charge in [-0.05, 0) is 29.7 Å². The second-order valence-electron chi connectivity index (χ2n) is 5.17. The van der Waals surface area contributed by atoms with E-state index < -0.39 is 0 Å². The van der Waals surface area contributed by atoms with Crippen molar-refractivity contribution < 1.29 is 9.47 Å². The van der Waals surface area contributed by atoms with Crippen LogP contribution in [-0.2, 0) is 9.47 Å². The number of fused-ring (bicyclic) bond motifs is 1.